The van der Waals surface area contributed by atoms with Gasteiger partial charge in [0, 0.05) is 5.69 Å². The highest BCUT2D eigenvalue weighted by molar-refractivity contribution is 5.55. The summed E-state index contributed by atoms with van der Waals surface area (Å²) in [6, 6.07) is 0. The van der Waals surface area contributed by atoms with Crippen molar-refractivity contribution in [1.82, 2.24) is 20.3 Å². The number of nitrogens with one attached hydrogen (secondary N) is 1. The highest BCUT2D eigenvalue weighted by Gasteiger charge is 2.10. The maximum absolute atomic E-state index is 5.33. The molecule has 6 nitrogen and oxygen atoms in total. The molecule has 0 amide bonds. The van der Waals surface area contributed by atoms with Gasteiger partial charge < -0.3 is 10.3 Å². The van der Waals surface area contributed by atoms with Crippen LogP contribution in [0.3, 0.4) is 0 Å². The van der Waals surface area contributed by atoms with Crippen LogP contribution in [0.2, 0.25) is 0 Å². The predicted octanol–water partition coefficient (Wildman–Crippen LogP) is 0.227. The van der Waals surface area contributed by atoms with Gasteiger partial charge in [0.15, 0.2) is 0 Å². The number of hydrogen-bond donors (Lipinski definition) is 2. The molecule has 13 heavy (non-hydrogen) atoms. The van der Waals surface area contributed by atoms with Crippen molar-refractivity contribution in [2.24, 2.45) is 5.73 Å². The van der Waals surface area contributed by atoms with Gasteiger partial charge in [0.1, 0.15) is 0 Å². The second-order valence-electron chi connectivity index (χ2n) is 2.62. The summed E-state index contributed by atoms with van der Waals surface area (Å²) in [7, 11) is 0. The van der Waals surface area contributed by atoms with Gasteiger partial charge in [0.2, 0.25) is 11.7 Å². The summed E-state index contributed by atoms with van der Waals surface area (Å²) in [5.41, 5.74) is 7.08. The Morgan fingerprint density at radius 3 is 3.00 bits per heavy atom. The van der Waals surface area contributed by atoms with E-state index >= 15 is 0 Å². The number of nitrogens with two attached hydrogens (primary N) is 1. The number of aromatic nitrogens is 4. The molecule has 0 saturated heterocycles. The molecule has 0 radical (unpaired) electrons. The van der Waals surface area contributed by atoms with Crippen molar-refractivity contribution in [3.8, 4) is 11.4 Å². The fourth-order valence-corrected chi connectivity index (χ4v) is 1.02. The van der Waals surface area contributed by atoms with E-state index in [9.17, 15) is 0 Å². The maximum Gasteiger partial charge on any atom is 0.240 e. The Hall–Kier alpha value is -1.69. The molecule has 0 saturated carbocycles. The summed E-state index contributed by atoms with van der Waals surface area (Å²) in [6.45, 7) is 2.14. The van der Waals surface area contributed by atoms with E-state index in [1.165, 1.54) is 0 Å². The summed E-state index contributed by atoms with van der Waals surface area (Å²) in [4.78, 5) is 4.07. The van der Waals surface area contributed by atoms with Crippen LogP contribution in [0.15, 0.2) is 10.7 Å². The van der Waals surface area contributed by atoms with Gasteiger partial charge in [-0.1, -0.05) is 5.16 Å². The molecule has 0 spiro atoms. The molecule has 3 N–H and O–H groups in total. The molecular formula is C7H9N5O. The van der Waals surface area contributed by atoms with E-state index in [-0.39, 0.29) is 6.54 Å². The summed E-state index contributed by atoms with van der Waals surface area (Å²) in [6.07, 6.45) is 1.65. The van der Waals surface area contributed by atoms with Gasteiger partial charge in [-0.3, -0.25) is 5.10 Å². The maximum atomic E-state index is 5.33. The Labute approximate surface area is 74.1 Å². The molecule has 0 aliphatic heterocycles. The Bertz CT molecular complexity index is 404. The molecule has 68 valence electrons. The second-order valence-corrected chi connectivity index (χ2v) is 2.62. The first-order chi connectivity index (χ1) is 6.31. The summed E-state index contributed by atoms with van der Waals surface area (Å²) in [5.74, 6) is 0.947. The van der Waals surface area contributed by atoms with Crippen LogP contribution in [0.5, 0.6) is 0 Å². The average Bonchev–Trinajstić information content (AvgIpc) is 2.71. The summed E-state index contributed by atoms with van der Waals surface area (Å²) >= 11 is 0. The van der Waals surface area contributed by atoms with E-state index in [1.807, 2.05) is 6.92 Å². The number of aromatic amines is 1. The molecule has 2 aromatic heterocycles. The number of nitrogens with zero attached hydrogens (tertiary/aromatic N) is 3. The van der Waals surface area contributed by atoms with Crippen LogP contribution in [0.25, 0.3) is 11.4 Å². The number of H-pyrrole nitrogens is 1. The Morgan fingerprint density at radius 2 is 2.46 bits per heavy atom. The van der Waals surface area contributed by atoms with Crippen LogP contribution in [0.4, 0.5) is 0 Å². The fourth-order valence-electron chi connectivity index (χ4n) is 1.02. The van der Waals surface area contributed by atoms with E-state index in [0.717, 1.165) is 11.3 Å². The second kappa shape index (κ2) is 2.98. The zero-order chi connectivity index (χ0) is 9.26. The zero-order valence-electron chi connectivity index (χ0n) is 7.11. The van der Waals surface area contributed by atoms with Crippen LogP contribution >= 0.6 is 0 Å². The highest BCUT2D eigenvalue weighted by atomic mass is 16.5. The van der Waals surface area contributed by atoms with Crippen molar-refractivity contribution in [2.45, 2.75) is 13.5 Å². The van der Waals surface area contributed by atoms with Crippen LogP contribution < -0.4 is 5.73 Å². The largest absolute Gasteiger partial charge is 0.338 e. The molecule has 2 heterocycles. The lowest BCUT2D eigenvalue weighted by Gasteiger charge is -1.87. The normalized spacial score (nSPS) is 10.6. The van der Waals surface area contributed by atoms with Crippen molar-refractivity contribution < 1.29 is 4.52 Å². The molecule has 0 aliphatic rings. The monoisotopic (exact) mass is 179 g/mol. The smallest absolute Gasteiger partial charge is 0.240 e. The zero-order valence-corrected chi connectivity index (χ0v) is 7.11. The molecule has 0 atom stereocenters. The fraction of sp³-hybridized carbons (Fsp3) is 0.286. The lowest BCUT2D eigenvalue weighted by molar-refractivity contribution is 0.380. The third kappa shape index (κ3) is 1.31. The van der Waals surface area contributed by atoms with Crippen molar-refractivity contribution in [1.29, 1.82) is 0 Å². The molecule has 0 unspecified atom stereocenters. The molecule has 2 rings (SSSR count). The Balaban J connectivity index is 2.41. The molecular weight excluding hydrogens is 170 g/mol. The average molecular weight is 179 g/mol. The SMILES string of the molecule is Cc1[nH]ncc1-c1noc(CN)n1. The Kier molecular flexibility index (Phi) is 1.82. The van der Waals surface area contributed by atoms with Gasteiger partial charge in [-0.05, 0) is 6.92 Å². The van der Waals surface area contributed by atoms with Crippen molar-refractivity contribution >= 4 is 0 Å². The number of aryl methyl sites for hydroxylation is 1. The van der Waals surface area contributed by atoms with E-state index in [2.05, 4.69) is 20.3 Å². The minimum atomic E-state index is 0.254. The van der Waals surface area contributed by atoms with Crippen LogP contribution in [-0.2, 0) is 6.54 Å². The van der Waals surface area contributed by atoms with Gasteiger partial charge in [0.05, 0.1) is 18.3 Å². The van der Waals surface area contributed by atoms with E-state index in [1.54, 1.807) is 6.20 Å². The molecule has 0 aromatic carbocycles. The van der Waals surface area contributed by atoms with Crippen molar-refractivity contribution in [3.05, 3.63) is 17.8 Å². The summed E-state index contributed by atoms with van der Waals surface area (Å²) < 4.78 is 4.86. The van der Waals surface area contributed by atoms with Crippen LogP contribution in [0.1, 0.15) is 11.6 Å². The topological polar surface area (TPSA) is 93.6 Å². The lowest BCUT2D eigenvalue weighted by Crippen LogP contribution is -1.95. The first kappa shape index (κ1) is 7.93. The van der Waals surface area contributed by atoms with Crippen LogP contribution in [0, 0.1) is 6.92 Å². The highest BCUT2D eigenvalue weighted by Crippen LogP contribution is 2.17. The van der Waals surface area contributed by atoms with E-state index in [0.29, 0.717) is 11.7 Å². The quantitative estimate of drug-likeness (QED) is 0.688. The Morgan fingerprint density at radius 1 is 1.62 bits per heavy atom. The molecule has 0 fully saturated rings. The van der Waals surface area contributed by atoms with E-state index in [4.69, 9.17) is 10.3 Å². The summed E-state index contributed by atoms with van der Waals surface area (Å²) in [5, 5.41) is 10.4. The number of rotatable bonds is 2. The van der Waals surface area contributed by atoms with Gasteiger partial charge in [-0.15, -0.1) is 0 Å². The standard InChI is InChI=1S/C7H9N5O/c1-4-5(3-9-11-4)7-10-6(2-8)13-12-7/h3H,2,8H2,1H3,(H,9,11). The molecule has 0 bridgehead atoms. The third-order valence-corrected chi connectivity index (χ3v) is 1.71. The van der Waals surface area contributed by atoms with Crippen molar-refractivity contribution in [2.75, 3.05) is 0 Å². The minimum absolute atomic E-state index is 0.254. The van der Waals surface area contributed by atoms with E-state index < -0.39 is 0 Å². The lowest BCUT2D eigenvalue weighted by atomic mass is 10.2. The van der Waals surface area contributed by atoms with Crippen LogP contribution in [-0.4, -0.2) is 20.3 Å². The molecule has 6 heteroatoms. The first-order valence-corrected chi connectivity index (χ1v) is 3.84. The third-order valence-electron chi connectivity index (χ3n) is 1.71. The first-order valence-electron chi connectivity index (χ1n) is 3.84. The van der Waals surface area contributed by atoms with Crippen molar-refractivity contribution in [3.63, 3.8) is 0 Å². The number of hydrogen-bond acceptors (Lipinski definition) is 5. The molecule has 2 aromatic rings. The van der Waals surface area contributed by atoms with Gasteiger partial charge in [-0.25, -0.2) is 0 Å². The molecule has 0 aliphatic carbocycles. The minimum Gasteiger partial charge on any atom is -0.338 e. The van der Waals surface area contributed by atoms with Gasteiger partial charge >= 0.3 is 0 Å². The van der Waals surface area contributed by atoms with Gasteiger partial charge in [-0.2, -0.15) is 10.1 Å². The predicted molar refractivity (Wildman–Crippen MR) is 44.5 cm³/mol. The van der Waals surface area contributed by atoms with Gasteiger partial charge in [0.25, 0.3) is 0 Å².